The number of allylic oxidation sites excluding steroid dienone is 10. The van der Waals surface area contributed by atoms with E-state index < -0.39 is 75.7 Å². The van der Waals surface area contributed by atoms with Crippen LogP contribution in [-0.4, -0.2) is 98.3 Å². The zero-order valence-electron chi connectivity index (χ0n) is 40.0. The number of rotatable bonds is 41. The maximum Gasteiger partial charge on any atom is 0.472 e. The van der Waals surface area contributed by atoms with Crippen molar-refractivity contribution in [3.05, 3.63) is 60.8 Å². The normalized spacial score (nSPS) is 21.9. The molecule has 0 bridgehead atoms. The second kappa shape index (κ2) is 40.6. The molecule has 0 aromatic carbocycles. The predicted octanol–water partition coefficient (Wildman–Crippen LogP) is 10.5. The monoisotopic (exact) mass is 941 g/mol. The van der Waals surface area contributed by atoms with Gasteiger partial charge in [-0.15, -0.1) is 0 Å². The van der Waals surface area contributed by atoms with Crippen LogP contribution in [-0.2, 0) is 32.7 Å². The minimum absolute atomic E-state index is 0.0224. The highest BCUT2D eigenvalue weighted by Gasteiger charge is 2.51. The first kappa shape index (κ1) is 60.6. The number of phosphoric ester groups is 1. The fourth-order valence-corrected chi connectivity index (χ4v) is 8.25. The number of ether oxygens (including phenoxy) is 2. The number of hydrogen-bond donors (Lipinski definition) is 6. The summed E-state index contributed by atoms with van der Waals surface area (Å²) >= 11 is 0. The van der Waals surface area contributed by atoms with E-state index in [4.69, 9.17) is 18.5 Å². The SMILES string of the molecule is CCCCC/C=C/C/C=C/CCCCCCCCCCCC(=O)OC[C@@H](COP(=O)(O)OC1C(O)C(O)C(O)[C@H](O)C1O)OC(=O)CCC/C=C/C/C=C/C/C=C/CCCCCCCC. The van der Waals surface area contributed by atoms with Crippen molar-refractivity contribution in [2.75, 3.05) is 13.2 Å². The lowest BCUT2D eigenvalue weighted by molar-refractivity contribution is -0.220. The number of carbonyl (C=O) groups is 2. The molecule has 0 heterocycles. The van der Waals surface area contributed by atoms with Crippen LogP contribution in [0, 0.1) is 0 Å². The fraction of sp³-hybridized carbons (Fsp3) is 0.765. The van der Waals surface area contributed by atoms with Gasteiger partial charge in [-0.2, -0.15) is 0 Å². The number of phosphoric acid groups is 1. The van der Waals surface area contributed by atoms with Crippen LogP contribution in [0.5, 0.6) is 0 Å². The van der Waals surface area contributed by atoms with Crippen molar-refractivity contribution in [1.29, 1.82) is 0 Å². The molecule has 1 rings (SSSR count). The molecule has 14 heteroatoms. The quantitative estimate of drug-likeness (QED) is 0.0146. The minimum atomic E-state index is -5.14. The Hall–Kier alpha value is -2.45. The standard InChI is InChI=1S/C51H89O13P/c1-3-5-7-9-11-13-15-17-19-21-22-24-25-27-29-31-33-35-37-39-44(52)61-41-43(42-62-65(59,60)64-51-49(57)47(55)46(54)48(56)50(51)58)63-45(53)40-38-36-34-32-30-28-26-23-20-18-16-14-12-10-8-6-4-2/h11,13,17-20,26,28,32,34,43,46-51,54-58H,3-10,12,14-16,21-25,27,29-31,33,35-42H2,1-2H3,(H,59,60)/b13-11+,19-17+,20-18+,28-26+,34-32+/t43-,46?,47-,48?,49?,50?,51?/m0/s1. The summed E-state index contributed by atoms with van der Waals surface area (Å²) in [7, 11) is -5.14. The molecule has 0 radical (unpaired) electrons. The lowest BCUT2D eigenvalue weighted by Gasteiger charge is -2.41. The molecule has 13 nitrogen and oxygen atoms in total. The van der Waals surface area contributed by atoms with Crippen LogP contribution in [0.15, 0.2) is 60.8 Å². The van der Waals surface area contributed by atoms with Gasteiger partial charge in [0, 0.05) is 12.8 Å². The summed E-state index contributed by atoms with van der Waals surface area (Å²) in [6.45, 7) is 3.23. The van der Waals surface area contributed by atoms with Gasteiger partial charge in [-0.05, 0) is 77.0 Å². The zero-order valence-corrected chi connectivity index (χ0v) is 40.9. The number of unbranched alkanes of at least 4 members (excludes halogenated alkanes) is 19. The topological polar surface area (TPSA) is 210 Å². The van der Waals surface area contributed by atoms with Gasteiger partial charge >= 0.3 is 19.8 Å². The second-order valence-electron chi connectivity index (χ2n) is 17.3. The van der Waals surface area contributed by atoms with Gasteiger partial charge in [-0.3, -0.25) is 18.6 Å². The first-order valence-electron chi connectivity index (χ1n) is 25.1. The molecular weight excluding hydrogens is 852 g/mol. The van der Waals surface area contributed by atoms with E-state index in [9.17, 15) is 44.6 Å². The Bertz CT molecular complexity index is 1370. The van der Waals surface area contributed by atoms with Crippen molar-refractivity contribution in [2.24, 2.45) is 0 Å². The van der Waals surface area contributed by atoms with Crippen molar-refractivity contribution in [3.8, 4) is 0 Å². The Labute approximate surface area is 392 Å². The summed E-state index contributed by atoms with van der Waals surface area (Å²) in [5.41, 5.74) is 0. The highest BCUT2D eigenvalue weighted by molar-refractivity contribution is 7.47. The van der Waals surface area contributed by atoms with E-state index in [2.05, 4.69) is 62.5 Å². The lowest BCUT2D eigenvalue weighted by atomic mass is 9.85. The van der Waals surface area contributed by atoms with E-state index in [-0.39, 0.29) is 12.8 Å². The van der Waals surface area contributed by atoms with Gasteiger partial charge in [0.2, 0.25) is 0 Å². The van der Waals surface area contributed by atoms with Crippen LogP contribution < -0.4 is 0 Å². The summed E-state index contributed by atoms with van der Waals surface area (Å²) in [5.74, 6) is -1.17. The molecule has 0 spiro atoms. The van der Waals surface area contributed by atoms with Gasteiger partial charge in [-0.25, -0.2) is 4.57 Å². The Morgan fingerprint density at radius 2 is 0.846 bits per heavy atom. The maximum absolute atomic E-state index is 12.8. The van der Waals surface area contributed by atoms with Crippen molar-refractivity contribution in [3.63, 3.8) is 0 Å². The third-order valence-corrected chi connectivity index (χ3v) is 12.3. The van der Waals surface area contributed by atoms with Crippen molar-refractivity contribution in [2.45, 2.75) is 236 Å². The van der Waals surface area contributed by atoms with Gasteiger partial charge in [0.25, 0.3) is 0 Å². The number of hydrogen-bond acceptors (Lipinski definition) is 12. The molecule has 0 aromatic heterocycles. The average molecular weight is 941 g/mol. The molecule has 0 aromatic rings. The number of aliphatic hydroxyl groups is 5. The van der Waals surface area contributed by atoms with Gasteiger partial charge in [0.15, 0.2) is 6.10 Å². The molecule has 0 saturated heterocycles. The Morgan fingerprint density at radius 3 is 1.34 bits per heavy atom. The average Bonchev–Trinajstić information content (AvgIpc) is 3.29. The van der Waals surface area contributed by atoms with Crippen molar-refractivity contribution in [1.82, 2.24) is 0 Å². The maximum atomic E-state index is 12.8. The molecule has 65 heavy (non-hydrogen) atoms. The Kier molecular flexibility index (Phi) is 37.8. The van der Waals surface area contributed by atoms with E-state index in [1.807, 2.05) is 12.2 Å². The minimum Gasteiger partial charge on any atom is -0.462 e. The van der Waals surface area contributed by atoms with E-state index in [1.54, 1.807) is 0 Å². The molecule has 6 unspecified atom stereocenters. The number of esters is 2. The molecule has 8 atom stereocenters. The van der Waals surface area contributed by atoms with Crippen LogP contribution in [0.3, 0.4) is 0 Å². The van der Waals surface area contributed by atoms with Gasteiger partial charge in [0.05, 0.1) is 6.61 Å². The molecule has 0 amide bonds. The molecule has 6 N–H and O–H groups in total. The predicted molar refractivity (Wildman–Crippen MR) is 258 cm³/mol. The molecule has 0 aliphatic heterocycles. The Morgan fingerprint density at radius 1 is 0.477 bits per heavy atom. The number of aliphatic hydroxyl groups excluding tert-OH is 5. The number of carbonyl (C=O) groups excluding carboxylic acids is 2. The highest BCUT2D eigenvalue weighted by atomic mass is 31.2. The van der Waals surface area contributed by atoms with E-state index in [0.29, 0.717) is 19.3 Å². The molecule has 1 aliphatic rings. The molecule has 1 fully saturated rings. The van der Waals surface area contributed by atoms with Crippen LogP contribution >= 0.6 is 7.82 Å². The van der Waals surface area contributed by atoms with Crippen LogP contribution in [0.1, 0.15) is 194 Å². The zero-order chi connectivity index (χ0) is 47.8. The van der Waals surface area contributed by atoms with Crippen LogP contribution in [0.2, 0.25) is 0 Å². The first-order valence-corrected chi connectivity index (χ1v) is 26.6. The van der Waals surface area contributed by atoms with Crippen molar-refractivity contribution >= 4 is 19.8 Å². The van der Waals surface area contributed by atoms with Crippen molar-refractivity contribution < 1.29 is 63.1 Å². The molecule has 1 aliphatic carbocycles. The van der Waals surface area contributed by atoms with E-state index in [1.165, 1.54) is 89.9 Å². The van der Waals surface area contributed by atoms with Gasteiger partial charge in [0.1, 0.15) is 43.2 Å². The molecule has 376 valence electrons. The molecular formula is C51H89O13P. The lowest BCUT2D eigenvalue weighted by Crippen LogP contribution is -2.64. The van der Waals surface area contributed by atoms with Gasteiger partial charge in [-0.1, -0.05) is 164 Å². The van der Waals surface area contributed by atoms with Gasteiger partial charge < -0.3 is 39.9 Å². The highest BCUT2D eigenvalue weighted by Crippen LogP contribution is 2.47. The smallest absolute Gasteiger partial charge is 0.462 e. The summed E-state index contributed by atoms with van der Waals surface area (Å²) < 4.78 is 33.5. The second-order valence-corrected chi connectivity index (χ2v) is 18.7. The molecule has 1 saturated carbocycles. The van der Waals surface area contributed by atoms with E-state index >= 15 is 0 Å². The van der Waals surface area contributed by atoms with Crippen LogP contribution in [0.25, 0.3) is 0 Å². The van der Waals surface area contributed by atoms with E-state index in [0.717, 1.165) is 57.8 Å². The Balaban J connectivity index is 2.45. The largest absolute Gasteiger partial charge is 0.472 e. The fourth-order valence-electron chi connectivity index (χ4n) is 7.27. The third-order valence-electron chi connectivity index (χ3n) is 11.3. The first-order chi connectivity index (χ1) is 31.4. The summed E-state index contributed by atoms with van der Waals surface area (Å²) in [6.07, 6.45) is 37.0. The summed E-state index contributed by atoms with van der Waals surface area (Å²) in [4.78, 5) is 35.8. The van der Waals surface area contributed by atoms with Crippen LogP contribution in [0.4, 0.5) is 0 Å². The summed E-state index contributed by atoms with van der Waals surface area (Å²) in [6, 6.07) is 0. The third kappa shape index (κ3) is 32.8. The summed E-state index contributed by atoms with van der Waals surface area (Å²) in [5, 5.41) is 50.2.